The Kier molecular flexibility index (Phi) is 4.99. The van der Waals surface area contributed by atoms with E-state index in [0.29, 0.717) is 5.56 Å². The molecule has 3 atom stereocenters. The summed E-state index contributed by atoms with van der Waals surface area (Å²) in [6, 6.07) is 0. The van der Waals surface area contributed by atoms with Crippen molar-refractivity contribution < 1.29 is 23.8 Å². The van der Waals surface area contributed by atoms with Crippen molar-refractivity contribution in [2.24, 2.45) is 0 Å². The lowest BCUT2D eigenvalue weighted by Gasteiger charge is -2.17. The highest BCUT2D eigenvalue weighted by atomic mass is 16.6. The van der Waals surface area contributed by atoms with Gasteiger partial charge in [0.15, 0.2) is 0 Å². The van der Waals surface area contributed by atoms with Crippen LogP contribution in [-0.2, 0) is 23.8 Å². The zero-order valence-electron chi connectivity index (χ0n) is 13.1. The summed E-state index contributed by atoms with van der Waals surface area (Å²) in [5.41, 5.74) is 5.66. The number of rotatable bonds is 4. The molecule has 23 heavy (non-hydrogen) atoms. The van der Waals surface area contributed by atoms with Gasteiger partial charge < -0.3 is 19.9 Å². The minimum Gasteiger partial charge on any atom is -0.463 e. The van der Waals surface area contributed by atoms with Crippen LogP contribution in [-0.4, -0.2) is 40.3 Å². The van der Waals surface area contributed by atoms with Crippen LogP contribution in [0.25, 0.3) is 0 Å². The van der Waals surface area contributed by atoms with Crippen molar-refractivity contribution >= 4 is 17.8 Å². The fourth-order valence-electron chi connectivity index (χ4n) is 2.34. The summed E-state index contributed by atoms with van der Waals surface area (Å²) in [5.74, 6) is -0.802. The Labute approximate surface area is 132 Å². The molecule has 1 fully saturated rings. The largest absolute Gasteiger partial charge is 0.463 e. The predicted octanol–water partition coefficient (Wildman–Crippen LogP) is -0.0838. The van der Waals surface area contributed by atoms with Gasteiger partial charge >= 0.3 is 17.6 Å². The van der Waals surface area contributed by atoms with Gasteiger partial charge in [-0.05, 0) is 6.92 Å². The molecule has 1 aromatic heterocycles. The van der Waals surface area contributed by atoms with Gasteiger partial charge in [-0.1, -0.05) is 0 Å². The molecule has 2 rings (SSSR count). The first-order valence-electron chi connectivity index (χ1n) is 7.09. The molecule has 0 spiro atoms. The number of esters is 2. The second-order valence-electron chi connectivity index (χ2n) is 5.31. The number of nitrogen functional groups attached to an aromatic ring is 1. The maximum absolute atomic E-state index is 12.0. The highest BCUT2D eigenvalue weighted by Crippen LogP contribution is 2.30. The summed E-state index contributed by atoms with van der Waals surface area (Å²) in [4.78, 5) is 37.9. The first-order valence-corrected chi connectivity index (χ1v) is 7.09. The Morgan fingerprint density at radius 1 is 1.43 bits per heavy atom. The zero-order chi connectivity index (χ0) is 17.1. The highest BCUT2D eigenvalue weighted by Gasteiger charge is 2.39. The summed E-state index contributed by atoms with van der Waals surface area (Å²) in [6.45, 7) is 4.19. The molecule has 0 aromatic carbocycles. The molecule has 9 nitrogen and oxygen atoms in total. The Morgan fingerprint density at radius 3 is 2.74 bits per heavy atom. The van der Waals surface area contributed by atoms with Crippen molar-refractivity contribution in [1.82, 2.24) is 9.55 Å². The first-order chi connectivity index (χ1) is 10.8. The molecule has 1 aromatic rings. The molecule has 0 amide bonds. The van der Waals surface area contributed by atoms with E-state index in [9.17, 15) is 14.4 Å². The minimum atomic E-state index is -0.681. The van der Waals surface area contributed by atoms with Crippen molar-refractivity contribution in [2.75, 3.05) is 12.3 Å². The van der Waals surface area contributed by atoms with Gasteiger partial charge in [0.1, 0.15) is 30.9 Å². The quantitative estimate of drug-likeness (QED) is 0.762. The number of aromatic nitrogens is 2. The van der Waals surface area contributed by atoms with E-state index < -0.39 is 36.1 Å². The van der Waals surface area contributed by atoms with Crippen molar-refractivity contribution in [3.63, 3.8) is 0 Å². The van der Waals surface area contributed by atoms with Gasteiger partial charge in [0.05, 0.1) is 0 Å². The summed E-state index contributed by atoms with van der Waals surface area (Å²) in [5, 5.41) is 0. The zero-order valence-corrected chi connectivity index (χ0v) is 13.1. The molecule has 0 radical (unpaired) electrons. The van der Waals surface area contributed by atoms with Crippen LogP contribution in [0.1, 0.15) is 32.1 Å². The normalized spacial score (nSPS) is 23.5. The molecular formula is C14H19N3O6. The van der Waals surface area contributed by atoms with Gasteiger partial charge in [0.2, 0.25) is 0 Å². The number of anilines is 1. The third-order valence-corrected chi connectivity index (χ3v) is 3.43. The Hall–Kier alpha value is -2.42. The maximum atomic E-state index is 12.0. The van der Waals surface area contributed by atoms with Crippen molar-refractivity contribution in [2.45, 2.75) is 45.6 Å². The molecule has 0 bridgehead atoms. The molecule has 2 N–H and O–H groups in total. The van der Waals surface area contributed by atoms with Crippen LogP contribution in [0.2, 0.25) is 0 Å². The van der Waals surface area contributed by atoms with E-state index in [1.165, 1.54) is 24.6 Å². The number of hydrogen-bond acceptors (Lipinski definition) is 8. The van der Waals surface area contributed by atoms with E-state index in [0.717, 1.165) is 0 Å². The van der Waals surface area contributed by atoms with Gasteiger partial charge in [-0.15, -0.1) is 0 Å². The Balaban J connectivity index is 2.21. The monoisotopic (exact) mass is 325 g/mol. The Bertz CT molecular complexity index is 671. The van der Waals surface area contributed by atoms with Crippen LogP contribution in [0.3, 0.4) is 0 Å². The average Bonchev–Trinajstić information content (AvgIpc) is 2.82. The van der Waals surface area contributed by atoms with Crippen LogP contribution in [0.5, 0.6) is 0 Å². The third-order valence-electron chi connectivity index (χ3n) is 3.43. The van der Waals surface area contributed by atoms with Crippen LogP contribution < -0.4 is 11.4 Å². The molecular weight excluding hydrogens is 306 g/mol. The molecule has 3 unspecified atom stereocenters. The Morgan fingerprint density at radius 2 is 2.13 bits per heavy atom. The first kappa shape index (κ1) is 16.9. The number of ether oxygens (including phenoxy) is 3. The summed E-state index contributed by atoms with van der Waals surface area (Å²) >= 11 is 0. The summed E-state index contributed by atoms with van der Waals surface area (Å²) in [6.07, 6.45) is -0.177. The lowest BCUT2D eigenvalue weighted by Crippen LogP contribution is -2.31. The smallest absolute Gasteiger partial charge is 0.351 e. The summed E-state index contributed by atoms with van der Waals surface area (Å²) < 4.78 is 17.1. The molecule has 1 saturated heterocycles. The molecule has 0 saturated carbocycles. The van der Waals surface area contributed by atoms with Gasteiger partial charge in [0, 0.05) is 32.0 Å². The fourth-order valence-corrected chi connectivity index (χ4v) is 2.34. The maximum Gasteiger partial charge on any atom is 0.351 e. The topological polar surface area (TPSA) is 123 Å². The standard InChI is InChI=1S/C14H19N3O6/c1-7-5-17(14(20)16-13(7)15)12-4-10(22-9(3)19)11(23-12)6-21-8(2)18/h5,10-12H,4,6H2,1-3H3,(H2,15,16,20). The minimum absolute atomic E-state index is 0.0695. The van der Waals surface area contributed by atoms with E-state index >= 15 is 0 Å². The number of nitrogens with two attached hydrogens (primary N) is 1. The van der Waals surface area contributed by atoms with E-state index in [1.54, 1.807) is 6.92 Å². The molecule has 2 heterocycles. The third kappa shape index (κ3) is 4.07. The highest BCUT2D eigenvalue weighted by molar-refractivity contribution is 5.66. The summed E-state index contributed by atoms with van der Waals surface area (Å²) in [7, 11) is 0. The number of nitrogens with zero attached hydrogens (tertiary/aromatic N) is 2. The van der Waals surface area contributed by atoms with Crippen molar-refractivity contribution in [3.05, 3.63) is 22.2 Å². The predicted molar refractivity (Wildman–Crippen MR) is 78.4 cm³/mol. The van der Waals surface area contributed by atoms with Crippen LogP contribution in [0.4, 0.5) is 5.82 Å². The number of carbonyl (C=O) groups is 2. The van der Waals surface area contributed by atoms with Gasteiger partial charge in [-0.2, -0.15) is 4.98 Å². The van der Waals surface area contributed by atoms with Crippen LogP contribution >= 0.6 is 0 Å². The molecule has 1 aliphatic heterocycles. The van der Waals surface area contributed by atoms with E-state index in [2.05, 4.69) is 4.98 Å². The fraction of sp³-hybridized carbons (Fsp3) is 0.571. The molecule has 1 aliphatic rings. The molecule has 0 aliphatic carbocycles. The van der Waals surface area contributed by atoms with Crippen molar-refractivity contribution in [3.8, 4) is 0 Å². The number of carbonyl (C=O) groups excluding carboxylic acids is 2. The number of aryl methyl sites for hydroxylation is 1. The van der Waals surface area contributed by atoms with Crippen molar-refractivity contribution in [1.29, 1.82) is 0 Å². The van der Waals surface area contributed by atoms with E-state index in [4.69, 9.17) is 19.9 Å². The van der Waals surface area contributed by atoms with Crippen LogP contribution in [0.15, 0.2) is 11.0 Å². The van der Waals surface area contributed by atoms with E-state index in [1.807, 2.05) is 0 Å². The molecule has 126 valence electrons. The lowest BCUT2D eigenvalue weighted by atomic mass is 10.2. The van der Waals surface area contributed by atoms with Gasteiger partial charge in [-0.25, -0.2) is 4.79 Å². The average molecular weight is 325 g/mol. The van der Waals surface area contributed by atoms with Gasteiger partial charge in [-0.3, -0.25) is 14.2 Å². The van der Waals surface area contributed by atoms with Crippen LogP contribution in [0, 0.1) is 6.92 Å². The van der Waals surface area contributed by atoms with E-state index in [-0.39, 0.29) is 18.8 Å². The van der Waals surface area contributed by atoms with Gasteiger partial charge in [0.25, 0.3) is 0 Å². The SMILES string of the molecule is CC(=O)OCC1OC(n2cc(C)c(N)nc2=O)CC1OC(C)=O. The second kappa shape index (κ2) is 6.78. The second-order valence-corrected chi connectivity index (χ2v) is 5.31. The number of hydrogen-bond donors (Lipinski definition) is 1. The molecule has 9 heteroatoms. The lowest BCUT2D eigenvalue weighted by molar-refractivity contribution is -0.155.